The highest BCUT2D eigenvalue weighted by atomic mass is 16.5. The van der Waals surface area contributed by atoms with Crippen molar-refractivity contribution in [3.8, 4) is 0 Å². The van der Waals surface area contributed by atoms with Crippen LogP contribution in [0.5, 0.6) is 0 Å². The Kier molecular flexibility index (Phi) is 8.59. The van der Waals surface area contributed by atoms with Crippen LogP contribution in [-0.4, -0.2) is 12.7 Å². The van der Waals surface area contributed by atoms with Crippen molar-refractivity contribution in [2.75, 3.05) is 6.61 Å². The fourth-order valence-electron chi connectivity index (χ4n) is 4.65. The van der Waals surface area contributed by atoms with Crippen molar-refractivity contribution in [1.29, 1.82) is 0 Å². The highest BCUT2D eigenvalue weighted by Crippen LogP contribution is 2.41. The lowest BCUT2D eigenvalue weighted by Crippen LogP contribution is -2.28. The van der Waals surface area contributed by atoms with Crippen LogP contribution in [0.25, 0.3) is 0 Å². The largest absolute Gasteiger partial charge is 0.374 e. The summed E-state index contributed by atoms with van der Waals surface area (Å²) < 4.78 is 5.94. The van der Waals surface area contributed by atoms with Crippen LogP contribution in [-0.2, 0) is 4.74 Å². The highest BCUT2D eigenvalue weighted by molar-refractivity contribution is 4.83. The van der Waals surface area contributed by atoms with Gasteiger partial charge in [0.2, 0.25) is 0 Å². The van der Waals surface area contributed by atoms with E-state index in [1.807, 2.05) is 0 Å². The molecule has 128 valence electrons. The van der Waals surface area contributed by atoms with Crippen LogP contribution in [0.1, 0.15) is 90.9 Å². The maximum absolute atomic E-state index is 5.94. The lowest BCUT2D eigenvalue weighted by atomic mass is 9.70. The molecule has 2 aliphatic carbocycles. The molecule has 0 unspecified atom stereocenters. The van der Waals surface area contributed by atoms with Gasteiger partial charge in [0.25, 0.3) is 0 Å². The van der Waals surface area contributed by atoms with E-state index in [1.165, 1.54) is 77.0 Å². The van der Waals surface area contributed by atoms with Crippen LogP contribution >= 0.6 is 0 Å². The first-order valence-electron chi connectivity index (χ1n) is 10.1. The maximum atomic E-state index is 5.94. The van der Waals surface area contributed by atoms with Gasteiger partial charge in [0.1, 0.15) is 0 Å². The zero-order valence-electron chi connectivity index (χ0n) is 15.1. The Morgan fingerprint density at radius 3 is 2.09 bits per heavy atom. The summed E-state index contributed by atoms with van der Waals surface area (Å²) >= 11 is 0. The molecular weight excluding hydrogens is 268 g/mol. The monoisotopic (exact) mass is 306 g/mol. The molecule has 0 aromatic carbocycles. The van der Waals surface area contributed by atoms with Gasteiger partial charge in [0.05, 0.1) is 12.7 Å². The number of unbranched alkanes of at least 4 members (excludes halogenated alkanes) is 2. The minimum atomic E-state index is 0.540. The van der Waals surface area contributed by atoms with Crippen LogP contribution < -0.4 is 0 Å². The molecule has 0 heterocycles. The van der Waals surface area contributed by atoms with Gasteiger partial charge in [-0.2, -0.15) is 0 Å². The van der Waals surface area contributed by atoms with E-state index >= 15 is 0 Å². The van der Waals surface area contributed by atoms with Crippen LogP contribution in [0.15, 0.2) is 12.2 Å². The molecule has 0 bridgehead atoms. The van der Waals surface area contributed by atoms with Gasteiger partial charge in [-0.25, -0.2) is 0 Å². The van der Waals surface area contributed by atoms with Crippen LogP contribution in [0.2, 0.25) is 0 Å². The molecule has 0 atom stereocenters. The third-order valence-corrected chi connectivity index (χ3v) is 6.16. The van der Waals surface area contributed by atoms with E-state index in [2.05, 4.69) is 26.0 Å². The number of ether oxygens (including phenoxy) is 1. The molecule has 0 amide bonds. The van der Waals surface area contributed by atoms with Gasteiger partial charge < -0.3 is 4.74 Å². The number of hydrogen-bond donors (Lipinski definition) is 0. The summed E-state index contributed by atoms with van der Waals surface area (Å²) in [6.07, 6.45) is 22.1. The fourth-order valence-corrected chi connectivity index (χ4v) is 4.65. The second kappa shape index (κ2) is 10.5. The molecule has 1 heteroatoms. The van der Waals surface area contributed by atoms with Gasteiger partial charge >= 0.3 is 0 Å². The van der Waals surface area contributed by atoms with Gasteiger partial charge in [0, 0.05) is 0 Å². The summed E-state index contributed by atoms with van der Waals surface area (Å²) in [6, 6.07) is 0. The molecule has 0 radical (unpaired) electrons. The van der Waals surface area contributed by atoms with Crippen molar-refractivity contribution in [2.45, 2.75) is 97.0 Å². The molecule has 2 rings (SSSR count). The molecule has 0 saturated heterocycles. The zero-order valence-corrected chi connectivity index (χ0v) is 15.1. The van der Waals surface area contributed by atoms with Crippen molar-refractivity contribution in [1.82, 2.24) is 0 Å². The summed E-state index contributed by atoms with van der Waals surface area (Å²) in [6.45, 7) is 5.20. The number of rotatable bonds is 8. The second-order valence-electron chi connectivity index (χ2n) is 7.72. The predicted octanol–water partition coefficient (Wildman–Crippen LogP) is 6.52. The van der Waals surface area contributed by atoms with E-state index < -0.39 is 0 Å². The van der Waals surface area contributed by atoms with Gasteiger partial charge in [-0.1, -0.05) is 57.6 Å². The molecule has 2 aliphatic rings. The first-order valence-corrected chi connectivity index (χ1v) is 10.1. The van der Waals surface area contributed by atoms with E-state index in [0.29, 0.717) is 6.10 Å². The van der Waals surface area contributed by atoms with E-state index in [4.69, 9.17) is 4.74 Å². The fraction of sp³-hybridized carbons (Fsp3) is 0.905. The Hall–Kier alpha value is -0.300. The van der Waals surface area contributed by atoms with Crippen molar-refractivity contribution in [2.24, 2.45) is 17.8 Å². The molecule has 0 aromatic heterocycles. The SMILES string of the molecule is CC=CCOC1CCC(C2CCC(CCCCC)CC2)CC1. The maximum Gasteiger partial charge on any atom is 0.0651 e. The molecule has 22 heavy (non-hydrogen) atoms. The van der Waals surface area contributed by atoms with E-state index in [-0.39, 0.29) is 0 Å². The van der Waals surface area contributed by atoms with Gasteiger partial charge in [-0.15, -0.1) is 0 Å². The first kappa shape index (κ1) is 18.0. The van der Waals surface area contributed by atoms with Crippen molar-refractivity contribution < 1.29 is 4.74 Å². The summed E-state index contributed by atoms with van der Waals surface area (Å²) in [5.74, 6) is 3.11. The Balaban J connectivity index is 1.60. The molecule has 0 aromatic rings. The Morgan fingerprint density at radius 2 is 1.50 bits per heavy atom. The van der Waals surface area contributed by atoms with Crippen LogP contribution in [0, 0.1) is 17.8 Å². The normalized spacial score (nSPS) is 33.4. The lowest BCUT2D eigenvalue weighted by molar-refractivity contribution is 0.0209. The van der Waals surface area contributed by atoms with Gasteiger partial charge in [-0.05, 0) is 63.2 Å². The van der Waals surface area contributed by atoms with E-state index in [9.17, 15) is 0 Å². The molecule has 2 saturated carbocycles. The molecular formula is C21H38O. The summed E-state index contributed by atoms with van der Waals surface area (Å²) in [4.78, 5) is 0. The quantitative estimate of drug-likeness (QED) is 0.366. The number of hydrogen-bond acceptors (Lipinski definition) is 1. The van der Waals surface area contributed by atoms with E-state index in [0.717, 1.165) is 24.4 Å². The van der Waals surface area contributed by atoms with E-state index in [1.54, 1.807) is 0 Å². The molecule has 0 spiro atoms. The van der Waals surface area contributed by atoms with Crippen molar-refractivity contribution in [3.05, 3.63) is 12.2 Å². The Morgan fingerprint density at radius 1 is 0.864 bits per heavy atom. The lowest BCUT2D eigenvalue weighted by Gasteiger charge is -2.37. The molecule has 0 N–H and O–H groups in total. The summed E-state index contributed by atoms with van der Waals surface area (Å²) in [7, 11) is 0. The minimum absolute atomic E-state index is 0.540. The molecule has 2 fully saturated rings. The van der Waals surface area contributed by atoms with Gasteiger partial charge in [0.15, 0.2) is 0 Å². The predicted molar refractivity (Wildman–Crippen MR) is 96.1 cm³/mol. The number of allylic oxidation sites excluding steroid dienone is 1. The topological polar surface area (TPSA) is 9.23 Å². The Bertz CT molecular complexity index is 293. The third-order valence-electron chi connectivity index (χ3n) is 6.16. The second-order valence-corrected chi connectivity index (χ2v) is 7.72. The highest BCUT2D eigenvalue weighted by Gasteiger charge is 2.30. The van der Waals surface area contributed by atoms with Crippen molar-refractivity contribution in [3.63, 3.8) is 0 Å². The first-order chi connectivity index (χ1) is 10.8. The zero-order chi connectivity index (χ0) is 15.6. The third kappa shape index (κ3) is 6.07. The Labute approximate surface area is 138 Å². The summed E-state index contributed by atoms with van der Waals surface area (Å²) in [5.41, 5.74) is 0. The average Bonchev–Trinajstić information content (AvgIpc) is 2.57. The standard InChI is InChI=1S/C21H38O/c1-3-5-7-8-18-9-11-19(12-10-18)20-13-15-21(16-14-20)22-17-6-4-2/h4,6,18-21H,3,5,7-17H2,1-2H3. The molecule has 0 aliphatic heterocycles. The average molecular weight is 307 g/mol. The minimum Gasteiger partial charge on any atom is -0.374 e. The smallest absolute Gasteiger partial charge is 0.0651 e. The van der Waals surface area contributed by atoms with Gasteiger partial charge in [-0.3, -0.25) is 0 Å². The van der Waals surface area contributed by atoms with Crippen LogP contribution in [0.3, 0.4) is 0 Å². The van der Waals surface area contributed by atoms with Crippen molar-refractivity contribution >= 4 is 0 Å². The summed E-state index contributed by atoms with van der Waals surface area (Å²) in [5, 5.41) is 0. The molecule has 1 nitrogen and oxygen atoms in total. The van der Waals surface area contributed by atoms with Crippen LogP contribution in [0.4, 0.5) is 0 Å².